The second-order valence-corrected chi connectivity index (χ2v) is 7.22. The summed E-state index contributed by atoms with van der Waals surface area (Å²) in [5, 5.41) is 2.23. The zero-order valence-electron chi connectivity index (χ0n) is 13.7. The maximum Gasteiger partial charge on any atom is 0.258 e. The van der Waals surface area contributed by atoms with E-state index < -0.39 is 27.6 Å². The Morgan fingerprint density at radius 3 is 2.40 bits per heavy atom. The van der Waals surface area contributed by atoms with Crippen molar-refractivity contribution in [3.8, 4) is 0 Å². The average Bonchev–Trinajstić information content (AvgIpc) is 2.56. The van der Waals surface area contributed by atoms with E-state index in [-0.39, 0.29) is 22.2 Å². The number of rotatable bonds is 6. The molecule has 2 aromatic rings. The number of amides is 1. The molecule has 0 aliphatic rings. The van der Waals surface area contributed by atoms with Gasteiger partial charge in [0.15, 0.2) is 0 Å². The summed E-state index contributed by atoms with van der Waals surface area (Å²) in [5.41, 5.74) is -0.479. The van der Waals surface area contributed by atoms with Crippen molar-refractivity contribution in [2.45, 2.75) is 31.2 Å². The number of hydrogen-bond donors (Lipinski definition) is 2. The molecule has 0 spiro atoms. The van der Waals surface area contributed by atoms with Gasteiger partial charge in [-0.1, -0.05) is 19.1 Å². The van der Waals surface area contributed by atoms with E-state index in [9.17, 15) is 22.0 Å². The predicted octanol–water partition coefficient (Wildman–Crippen LogP) is 3.29. The SMILES string of the molecule is CC[C@@H](C)NS(=O)(=O)c1ccc(NC(=O)c2ccccc2F)c(F)c1. The molecule has 0 saturated heterocycles. The first-order valence-corrected chi connectivity index (χ1v) is 9.10. The molecule has 2 rings (SSSR count). The fraction of sp³-hybridized carbons (Fsp3) is 0.235. The quantitative estimate of drug-likeness (QED) is 0.822. The average molecular weight is 368 g/mol. The molecule has 0 fully saturated rings. The number of sulfonamides is 1. The highest BCUT2D eigenvalue weighted by molar-refractivity contribution is 7.89. The summed E-state index contributed by atoms with van der Waals surface area (Å²) >= 11 is 0. The van der Waals surface area contributed by atoms with Crippen LogP contribution in [0, 0.1) is 11.6 Å². The monoisotopic (exact) mass is 368 g/mol. The number of hydrogen-bond acceptors (Lipinski definition) is 3. The number of carbonyl (C=O) groups excluding carboxylic acids is 1. The van der Waals surface area contributed by atoms with Crippen LogP contribution in [-0.2, 0) is 10.0 Å². The van der Waals surface area contributed by atoms with Gasteiger partial charge in [0, 0.05) is 6.04 Å². The smallest absolute Gasteiger partial charge is 0.258 e. The van der Waals surface area contributed by atoms with Crippen LogP contribution in [0.5, 0.6) is 0 Å². The van der Waals surface area contributed by atoms with Gasteiger partial charge in [0.05, 0.1) is 16.1 Å². The molecular weight excluding hydrogens is 350 g/mol. The largest absolute Gasteiger partial charge is 0.319 e. The van der Waals surface area contributed by atoms with Gasteiger partial charge in [-0.05, 0) is 43.7 Å². The lowest BCUT2D eigenvalue weighted by Gasteiger charge is -2.13. The zero-order valence-corrected chi connectivity index (χ0v) is 14.5. The van der Waals surface area contributed by atoms with Crippen molar-refractivity contribution in [1.29, 1.82) is 0 Å². The van der Waals surface area contributed by atoms with Crippen molar-refractivity contribution in [3.05, 3.63) is 59.7 Å². The van der Waals surface area contributed by atoms with Crippen molar-refractivity contribution in [2.24, 2.45) is 0 Å². The van der Waals surface area contributed by atoms with Crippen molar-refractivity contribution in [1.82, 2.24) is 4.72 Å². The molecular formula is C17H18F2N2O3S. The summed E-state index contributed by atoms with van der Waals surface area (Å²) in [6.45, 7) is 3.51. The number of carbonyl (C=O) groups is 1. The van der Waals surface area contributed by atoms with E-state index in [0.717, 1.165) is 18.2 Å². The van der Waals surface area contributed by atoms with Gasteiger partial charge < -0.3 is 5.32 Å². The minimum atomic E-state index is -3.86. The molecule has 0 unspecified atom stereocenters. The maximum absolute atomic E-state index is 14.2. The molecule has 1 atom stereocenters. The Morgan fingerprint density at radius 2 is 1.80 bits per heavy atom. The van der Waals surface area contributed by atoms with E-state index in [4.69, 9.17) is 0 Å². The molecule has 8 heteroatoms. The van der Waals surface area contributed by atoms with E-state index >= 15 is 0 Å². The highest BCUT2D eigenvalue weighted by Crippen LogP contribution is 2.20. The maximum atomic E-state index is 14.2. The third-order valence-corrected chi connectivity index (χ3v) is 5.17. The van der Waals surface area contributed by atoms with Crippen molar-refractivity contribution in [2.75, 3.05) is 5.32 Å². The first-order valence-electron chi connectivity index (χ1n) is 7.62. The number of halogens is 2. The van der Waals surface area contributed by atoms with E-state index in [1.807, 2.05) is 6.92 Å². The van der Waals surface area contributed by atoms with Gasteiger partial charge in [0.2, 0.25) is 10.0 Å². The Hall–Kier alpha value is -2.32. The fourth-order valence-electron chi connectivity index (χ4n) is 2.02. The zero-order chi connectivity index (χ0) is 18.6. The molecule has 2 N–H and O–H groups in total. The summed E-state index contributed by atoms with van der Waals surface area (Å²) in [5.74, 6) is -2.50. The molecule has 0 saturated carbocycles. The van der Waals surface area contributed by atoms with Crippen molar-refractivity contribution in [3.63, 3.8) is 0 Å². The summed E-state index contributed by atoms with van der Waals surface area (Å²) < 4.78 is 54.4. The van der Waals surface area contributed by atoms with Gasteiger partial charge in [0.1, 0.15) is 11.6 Å². The molecule has 0 heterocycles. The van der Waals surface area contributed by atoms with Crippen LogP contribution >= 0.6 is 0 Å². The topological polar surface area (TPSA) is 75.3 Å². The van der Waals surface area contributed by atoms with Gasteiger partial charge in [0.25, 0.3) is 5.91 Å². The lowest BCUT2D eigenvalue weighted by atomic mass is 10.2. The third-order valence-electron chi connectivity index (χ3n) is 3.59. The van der Waals surface area contributed by atoms with Crippen LogP contribution in [0.25, 0.3) is 0 Å². The standard InChI is InChI=1S/C17H18F2N2O3S/c1-3-11(2)21-25(23,24)12-8-9-16(15(19)10-12)20-17(22)13-6-4-5-7-14(13)18/h4-11,21H,3H2,1-2H3,(H,20,22)/t11-/m1/s1. The summed E-state index contributed by atoms with van der Waals surface area (Å²) in [4.78, 5) is 11.7. The molecule has 0 aliphatic heterocycles. The van der Waals surface area contributed by atoms with Crippen LogP contribution < -0.4 is 10.0 Å². The van der Waals surface area contributed by atoms with Gasteiger partial charge in [-0.3, -0.25) is 4.79 Å². The lowest BCUT2D eigenvalue weighted by molar-refractivity contribution is 0.102. The Kier molecular flexibility index (Phi) is 5.86. The van der Waals surface area contributed by atoms with Crippen molar-refractivity contribution < 1.29 is 22.0 Å². The van der Waals surface area contributed by atoms with Crippen LogP contribution in [-0.4, -0.2) is 20.4 Å². The Balaban J connectivity index is 2.23. The number of nitrogens with one attached hydrogen (secondary N) is 2. The molecule has 0 aliphatic carbocycles. The second-order valence-electron chi connectivity index (χ2n) is 5.51. The Labute approximate surface area is 145 Å². The molecule has 2 aromatic carbocycles. The van der Waals surface area contributed by atoms with E-state index in [1.165, 1.54) is 24.3 Å². The summed E-state index contributed by atoms with van der Waals surface area (Å²) in [6, 6.07) is 8.08. The van der Waals surface area contributed by atoms with Crippen LogP contribution in [0.1, 0.15) is 30.6 Å². The fourth-order valence-corrected chi connectivity index (χ4v) is 3.35. The van der Waals surface area contributed by atoms with Gasteiger partial charge in [-0.2, -0.15) is 0 Å². The third kappa shape index (κ3) is 4.61. The van der Waals surface area contributed by atoms with Crippen LogP contribution in [0.2, 0.25) is 0 Å². The molecule has 5 nitrogen and oxygen atoms in total. The highest BCUT2D eigenvalue weighted by atomic mass is 32.2. The minimum absolute atomic E-state index is 0.239. The molecule has 1 amide bonds. The number of anilines is 1. The normalized spacial score (nSPS) is 12.6. The van der Waals surface area contributed by atoms with E-state index in [2.05, 4.69) is 10.0 Å². The molecule has 0 radical (unpaired) electrons. The molecule has 0 bridgehead atoms. The molecule has 134 valence electrons. The number of benzene rings is 2. The van der Waals surface area contributed by atoms with E-state index in [1.54, 1.807) is 6.92 Å². The van der Waals surface area contributed by atoms with Crippen LogP contribution in [0.15, 0.2) is 47.4 Å². The van der Waals surface area contributed by atoms with Gasteiger partial charge in [-0.25, -0.2) is 21.9 Å². The lowest BCUT2D eigenvalue weighted by Crippen LogP contribution is -2.32. The van der Waals surface area contributed by atoms with Gasteiger partial charge >= 0.3 is 0 Å². The summed E-state index contributed by atoms with van der Waals surface area (Å²) in [7, 11) is -3.86. The minimum Gasteiger partial charge on any atom is -0.319 e. The highest BCUT2D eigenvalue weighted by Gasteiger charge is 2.19. The van der Waals surface area contributed by atoms with Crippen molar-refractivity contribution >= 4 is 21.6 Å². The Bertz CT molecular complexity index is 885. The van der Waals surface area contributed by atoms with Crippen LogP contribution in [0.3, 0.4) is 0 Å². The first-order chi connectivity index (χ1) is 11.7. The first kappa shape index (κ1) is 19.0. The van der Waals surface area contributed by atoms with Gasteiger partial charge in [-0.15, -0.1) is 0 Å². The summed E-state index contributed by atoms with van der Waals surface area (Å²) in [6.07, 6.45) is 0.582. The van der Waals surface area contributed by atoms with Crippen LogP contribution in [0.4, 0.5) is 14.5 Å². The van der Waals surface area contributed by atoms with E-state index in [0.29, 0.717) is 6.42 Å². The Morgan fingerprint density at radius 1 is 1.12 bits per heavy atom. The second kappa shape index (κ2) is 7.71. The predicted molar refractivity (Wildman–Crippen MR) is 90.8 cm³/mol. The molecule has 0 aromatic heterocycles. The molecule has 25 heavy (non-hydrogen) atoms.